The Kier molecular flexibility index (Phi) is 5.33. The highest BCUT2D eigenvalue weighted by molar-refractivity contribution is 4.76. The number of aromatic nitrogens is 4. The first-order valence-corrected chi connectivity index (χ1v) is 4.01. The molecule has 0 aromatic carbocycles. The molecule has 4 nitrogen and oxygen atoms in total. The van der Waals surface area contributed by atoms with Crippen molar-refractivity contribution >= 4 is 0 Å². The van der Waals surface area contributed by atoms with E-state index in [4.69, 9.17) is 0 Å². The third-order valence-electron chi connectivity index (χ3n) is 0.980. The van der Waals surface area contributed by atoms with Crippen molar-refractivity contribution in [3.05, 3.63) is 5.82 Å². The minimum Gasteiger partial charge on any atom is -0.177 e. The summed E-state index contributed by atoms with van der Waals surface area (Å²) in [6.45, 7) is 8.24. The normalized spacial score (nSPS) is 9.18. The summed E-state index contributed by atoms with van der Waals surface area (Å²) >= 11 is 0. The van der Waals surface area contributed by atoms with Gasteiger partial charge in [0.25, 0.3) is 0 Å². The zero-order valence-electron chi connectivity index (χ0n) is 7.63. The molecule has 1 heterocycles. The van der Waals surface area contributed by atoms with Gasteiger partial charge in [0.1, 0.15) is 0 Å². The van der Waals surface area contributed by atoms with Crippen LogP contribution in [0.3, 0.4) is 0 Å². The summed E-state index contributed by atoms with van der Waals surface area (Å²) in [4.78, 5) is 0. The quantitative estimate of drug-likeness (QED) is 0.704. The number of nitrogens with one attached hydrogen (secondary N) is 1. The molecule has 0 saturated carbocycles. The van der Waals surface area contributed by atoms with Crippen LogP contribution in [0.1, 0.15) is 33.5 Å². The monoisotopic (exact) mass is 156 g/mol. The maximum Gasteiger partial charge on any atom is 0.174 e. The lowest BCUT2D eigenvalue weighted by atomic mass is 10.1. The zero-order valence-corrected chi connectivity index (χ0v) is 7.63. The molecule has 0 radical (unpaired) electrons. The van der Waals surface area contributed by atoms with Crippen LogP contribution in [-0.4, -0.2) is 20.6 Å². The number of tetrazole rings is 1. The van der Waals surface area contributed by atoms with Gasteiger partial charge in [-0.2, -0.15) is 5.21 Å². The molecule has 0 amide bonds. The van der Waals surface area contributed by atoms with Crippen LogP contribution in [0.2, 0.25) is 0 Å². The minimum absolute atomic E-state index is 0.600. The highest BCUT2D eigenvalue weighted by Crippen LogP contribution is 1.98. The predicted molar refractivity (Wildman–Crippen MR) is 44.1 cm³/mol. The van der Waals surface area contributed by atoms with E-state index in [1.807, 2.05) is 13.8 Å². The number of H-pyrrole nitrogens is 1. The van der Waals surface area contributed by atoms with E-state index in [-0.39, 0.29) is 0 Å². The van der Waals surface area contributed by atoms with Crippen molar-refractivity contribution in [3.8, 4) is 0 Å². The lowest BCUT2D eigenvalue weighted by Crippen LogP contribution is -1.95. The van der Waals surface area contributed by atoms with E-state index >= 15 is 0 Å². The van der Waals surface area contributed by atoms with Crippen LogP contribution in [0.15, 0.2) is 0 Å². The summed E-state index contributed by atoms with van der Waals surface area (Å²) in [6, 6.07) is 0. The molecule has 0 atom stereocenters. The summed E-state index contributed by atoms with van der Waals surface area (Å²) in [6.07, 6.45) is 0.899. The Balaban J connectivity index is 0.000000461. The molecule has 1 N–H and O–H groups in total. The fraction of sp³-hybridized carbons (Fsp3) is 0.857. The Morgan fingerprint density at radius 1 is 1.36 bits per heavy atom. The van der Waals surface area contributed by atoms with Gasteiger partial charge in [0, 0.05) is 6.42 Å². The Hall–Kier alpha value is -0.930. The second-order valence-electron chi connectivity index (χ2n) is 2.43. The van der Waals surface area contributed by atoms with Crippen molar-refractivity contribution in [3.63, 3.8) is 0 Å². The maximum absolute atomic E-state index is 3.81. The lowest BCUT2D eigenvalue weighted by molar-refractivity contribution is 0.621. The Labute approximate surface area is 67.4 Å². The van der Waals surface area contributed by atoms with Crippen LogP contribution >= 0.6 is 0 Å². The Morgan fingerprint density at radius 2 is 2.00 bits per heavy atom. The molecule has 1 rings (SSSR count). The molecule has 1 aromatic heterocycles. The van der Waals surface area contributed by atoms with Crippen molar-refractivity contribution in [2.24, 2.45) is 5.92 Å². The number of rotatable bonds is 2. The minimum atomic E-state index is 0.600. The molecule has 0 aliphatic heterocycles. The molecule has 1 aromatic rings. The van der Waals surface area contributed by atoms with Crippen molar-refractivity contribution in [2.45, 2.75) is 34.1 Å². The summed E-state index contributed by atoms with van der Waals surface area (Å²) in [5.74, 6) is 1.40. The van der Waals surface area contributed by atoms with E-state index in [0.29, 0.717) is 5.92 Å². The Morgan fingerprint density at radius 3 is 2.36 bits per heavy atom. The van der Waals surface area contributed by atoms with Gasteiger partial charge in [-0.15, -0.1) is 10.2 Å². The molecular formula is C7H16N4. The summed E-state index contributed by atoms with van der Waals surface area (Å²) in [5.41, 5.74) is 0. The molecule has 0 aliphatic rings. The smallest absolute Gasteiger partial charge is 0.174 e. The summed E-state index contributed by atoms with van der Waals surface area (Å²) in [7, 11) is 0. The lowest BCUT2D eigenvalue weighted by Gasteiger charge is -1.95. The van der Waals surface area contributed by atoms with Crippen LogP contribution in [0.5, 0.6) is 0 Å². The van der Waals surface area contributed by atoms with Crippen molar-refractivity contribution < 1.29 is 0 Å². The van der Waals surface area contributed by atoms with Gasteiger partial charge in [-0.25, -0.2) is 0 Å². The van der Waals surface area contributed by atoms with E-state index < -0.39 is 0 Å². The van der Waals surface area contributed by atoms with Crippen LogP contribution in [-0.2, 0) is 6.42 Å². The molecule has 0 saturated heterocycles. The Bertz CT molecular complexity index is 157. The number of aromatic amines is 1. The number of nitrogens with zero attached hydrogens (tertiary/aromatic N) is 3. The largest absolute Gasteiger partial charge is 0.177 e. The van der Waals surface area contributed by atoms with Crippen LogP contribution < -0.4 is 0 Å². The predicted octanol–water partition coefficient (Wildman–Crippen LogP) is 1.42. The van der Waals surface area contributed by atoms with Gasteiger partial charge in [-0.3, -0.25) is 0 Å². The van der Waals surface area contributed by atoms with Gasteiger partial charge in [-0.1, -0.05) is 32.9 Å². The molecule has 0 bridgehead atoms. The van der Waals surface area contributed by atoms with E-state index in [2.05, 4.69) is 34.5 Å². The fourth-order valence-electron chi connectivity index (χ4n) is 0.634. The van der Waals surface area contributed by atoms with Crippen LogP contribution in [0.4, 0.5) is 0 Å². The standard InChI is InChI=1S/C5H10N4.C2H6/c1-4(2)3-5-6-8-9-7-5;1-2/h4H,3H2,1-2H3,(H,6,7,8,9);1-2H3. The van der Waals surface area contributed by atoms with Gasteiger partial charge in [-0.05, 0) is 5.92 Å². The van der Waals surface area contributed by atoms with Gasteiger partial charge in [0.05, 0.1) is 0 Å². The summed E-state index contributed by atoms with van der Waals surface area (Å²) in [5, 5.41) is 13.5. The van der Waals surface area contributed by atoms with Crippen molar-refractivity contribution in [1.29, 1.82) is 0 Å². The van der Waals surface area contributed by atoms with E-state index in [1.165, 1.54) is 0 Å². The highest BCUT2D eigenvalue weighted by Gasteiger charge is 1.99. The molecule has 0 unspecified atom stereocenters. The molecule has 4 heteroatoms. The number of hydrogen-bond donors (Lipinski definition) is 1. The summed E-state index contributed by atoms with van der Waals surface area (Å²) < 4.78 is 0. The van der Waals surface area contributed by atoms with Crippen molar-refractivity contribution in [1.82, 2.24) is 20.6 Å². The first-order valence-electron chi connectivity index (χ1n) is 4.01. The van der Waals surface area contributed by atoms with Gasteiger partial charge in [0.15, 0.2) is 5.82 Å². The molecule has 0 fully saturated rings. The average molecular weight is 156 g/mol. The van der Waals surface area contributed by atoms with Gasteiger partial charge in [0.2, 0.25) is 0 Å². The molecule has 11 heavy (non-hydrogen) atoms. The molecule has 0 spiro atoms. The third-order valence-corrected chi connectivity index (χ3v) is 0.980. The SMILES string of the molecule is CC.CC(C)Cc1nn[nH]n1. The van der Waals surface area contributed by atoms with Crippen LogP contribution in [0, 0.1) is 5.92 Å². The van der Waals surface area contributed by atoms with Gasteiger partial charge < -0.3 is 0 Å². The number of hydrogen-bond acceptors (Lipinski definition) is 3. The van der Waals surface area contributed by atoms with Gasteiger partial charge >= 0.3 is 0 Å². The average Bonchev–Trinajstić information content (AvgIpc) is 2.43. The van der Waals surface area contributed by atoms with E-state index in [0.717, 1.165) is 12.2 Å². The second kappa shape index (κ2) is 5.82. The van der Waals surface area contributed by atoms with Crippen LogP contribution in [0.25, 0.3) is 0 Å². The zero-order chi connectivity index (χ0) is 8.69. The van der Waals surface area contributed by atoms with E-state index in [1.54, 1.807) is 0 Å². The van der Waals surface area contributed by atoms with Crippen molar-refractivity contribution in [2.75, 3.05) is 0 Å². The fourth-order valence-corrected chi connectivity index (χ4v) is 0.634. The first kappa shape index (κ1) is 10.1. The maximum atomic E-state index is 3.81. The topological polar surface area (TPSA) is 54.5 Å². The molecule has 0 aliphatic carbocycles. The highest BCUT2D eigenvalue weighted by atomic mass is 15.5. The third kappa shape index (κ3) is 4.47. The van der Waals surface area contributed by atoms with E-state index in [9.17, 15) is 0 Å². The molecular weight excluding hydrogens is 140 g/mol. The molecule has 64 valence electrons. The second-order valence-corrected chi connectivity index (χ2v) is 2.43. The first-order chi connectivity index (χ1) is 5.29.